The molecule has 0 saturated heterocycles. The molecule has 0 aromatic heterocycles. The lowest BCUT2D eigenvalue weighted by molar-refractivity contribution is -0.137. The first-order valence-electron chi connectivity index (χ1n) is 8.74. The number of methoxy groups -OCH3 is 1. The molecule has 28 heavy (non-hydrogen) atoms. The van der Waals surface area contributed by atoms with Crippen LogP contribution in [0, 0.1) is 5.92 Å². The molecule has 0 fully saturated rings. The van der Waals surface area contributed by atoms with Gasteiger partial charge in [-0.2, -0.15) is 13.2 Å². The molecule has 150 valence electrons. The van der Waals surface area contributed by atoms with Gasteiger partial charge in [0.2, 0.25) is 5.91 Å². The molecule has 1 aliphatic rings. The molecule has 0 saturated carbocycles. The van der Waals surface area contributed by atoms with E-state index in [9.17, 15) is 18.0 Å². The lowest BCUT2D eigenvalue weighted by atomic mass is 9.96. The number of hydrogen-bond donors (Lipinski definition) is 1. The number of hydrogen-bond acceptors (Lipinski definition) is 4. The van der Waals surface area contributed by atoms with Crippen LogP contribution >= 0.6 is 0 Å². The van der Waals surface area contributed by atoms with Crippen LogP contribution in [0.25, 0.3) is 0 Å². The minimum Gasteiger partial charge on any atom is -0.497 e. The van der Waals surface area contributed by atoms with Crippen molar-refractivity contribution in [2.75, 3.05) is 26.9 Å². The molecule has 2 aromatic carbocycles. The maximum absolute atomic E-state index is 12.5. The highest BCUT2D eigenvalue weighted by Crippen LogP contribution is 2.31. The summed E-state index contributed by atoms with van der Waals surface area (Å²) in [6.45, 7) is 0.668. The van der Waals surface area contributed by atoms with E-state index in [1.165, 1.54) is 12.1 Å². The van der Waals surface area contributed by atoms with Gasteiger partial charge >= 0.3 is 6.18 Å². The second kappa shape index (κ2) is 8.41. The Labute approximate surface area is 160 Å². The van der Waals surface area contributed by atoms with Crippen molar-refractivity contribution in [3.05, 3.63) is 53.6 Å². The molecule has 5 nitrogen and oxygen atoms in total. The third kappa shape index (κ3) is 4.88. The number of nitrogens with one attached hydrogen (secondary N) is 1. The second-order valence-corrected chi connectivity index (χ2v) is 6.35. The fourth-order valence-electron chi connectivity index (χ4n) is 2.89. The monoisotopic (exact) mass is 395 g/mol. The van der Waals surface area contributed by atoms with E-state index < -0.39 is 11.7 Å². The second-order valence-electron chi connectivity index (χ2n) is 6.35. The van der Waals surface area contributed by atoms with Crippen LogP contribution in [-0.2, 0) is 17.4 Å². The topological polar surface area (TPSA) is 56.8 Å². The summed E-state index contributed by atoms with van der Waals surface area (Å²) in [7, 11) is 1.58. The van der Waals surface area contributed by atoms with Crippen LogP contribution in [0.5, 0.6) is 17.2 Å². The van der Waals surface area contributed by atoms with Crippen LogP contribution in [0.2, 0.25) is 0 Å². The van der Waals surface area contributed by atoms with Crippen molar-refractivity contribution in [1.29, 1.82) is 0 Å². The Morgan fingerprint density at radius 2 is 1.89 bits per heavy atom. The number of ether oxygens (including phenoxy) is 3. The quantitative estimate of drug-likeness (QED) is 0.762. The van der Waals surface area contributed by atoms with E-state index in [0.717, 1.165) is 23.4 Å². The predicted molar refractivity (Wildman–Crippen MR) is 95.6 cm³/mol. The fraction of sp³-hybridized carbons (Fsp3) is 0.350. The zero-order chi connectivity index (χ0) is 20.1. The van der Waals surface area contributed by atoms with Gasteiger partial charge in [0.05, 0.1) is 25.1 Å². The molecule has 2 aromatic rings. The van der Waals surface area contributed by atoms with Crippen molar-refractivity contribution in [2.45, 2.75) is 12.6 Å². The zero-order valence-electron chi connectivity index (χ0n) is 15.2. The molecular formula is C20H20F3NO4. The van der Waals surface area contributed by atoms with Crippen molar-refractivity contribution < 1.29 is 32.2 Å². The maximum atomic E-state index is 12.5. The van der Waals surface area contributed by atoms with E-state index in [-0.39, 0.29) is 31.6 Å². The Hall–Kier alpha value is -2.90. The molecule has 8 heteroatoms. The van der Waals surface area contributed by atoms with Gasteiger partial charge in [0.25, 0.3) is 0 Å². The summed E-state index contributed by atoms with van der Waals surface area (Å²) in [5, 5.41) is 2.76. The lowest BCUT2D eigenvalue weighted by Gasteiger charge is -2.25. The highest BCUT2D eigenvalue weighted by molar-refractivity contribution is 5.79. The van der Waals surface area contributed by atoms with Gasteiger partial charge in [-0.1, -0.05) is 0 Å². The molecule has 0 radical (unpaired) electrons. The van der Waals surface area contributed by atoms with Gasteiger partial charge in [-0.25, -0.2) is 0 Å². The molecule has 0 bridgehead atoms. The number of rotatable bonds is 6. The summed E-state index contributed by atoms with van der Waals surface area (Å²) in [4.78, 5) is 12.3. The Balaban J connectivity index is 1.44. The first-order chi connectivity index (χ1) is 13.4. The van der Waals surface area contributed by atoms with E-state index in [1.54, 1.807) is 13.2 Å². The summed E-state index contributed by atoms with van der Waals surface area (Å²) in [5.74, 6) is 1.27. The number of amides is 1. The van der Waals surface area contributed by atoms with Crippen molar-refractivity contribution in [2.24, 2.45) is 5.92 Å². The van der Waals surface area contributed by atoms with Gasteiger partial charge in [0, 0.05) is 0 Å². The molecule has 1 aliphatic heterocycles. The average molecular weight is 395 g/mol. The number of alkyl halides is 3. The summed E-state index contributed by atoms with van der Waals surface area (Å²) < 4.78 is 53.8. The third-order valence-corrected chi connectivity index (χ3v) is 4.40. The summed E-state index contributed by atoms with van der Waals surface area (Å²) in [6.07, 6.45) is -3.84. The van der Waals surface area contributed by atoms with Crippen LogP contribution in [0.1, 0.15) is 11.1 Å². The van der Waals surface area contributed by atoms with Crippen molar-refractivity contribution in [1.82, 2.24) is 5.32 Å². The number of carbonyl (C=O) groups excluding carboxylic acids is 1. The number of benzene rings is 2. The van der Waals surface area contributed by atoms with Gasteiger partial charge in [-0.05, 0) is 54.4 Å². The van der Waals surface area contributed by atoms with Gasteiger partial charge in [0.15, 0.2) is 0 Å². The highest BCUT2D eigenvalue weighted by Gasteiger charge is 2.30. The molecule has 1 unspecified atom stereocenters. The minimum absolute atomic E-state index is 0.148. The third-order valence-electron chi connectivity index (χ3n) is 4.40. The molecule has 0 spiro atoms. The number of carbonyl (C=O) groups is 1. The molecular weight excluding hydrogens is 375 g/mol. The van der Waals surface area contributed by atoms with E-state index in [1.807, 2.05) is 12.1 Å². The fourth-order valence-corrected chi connectivity index (χ4v) is 2.89. The normalized spacial score (nSPS) is 15.9. The van der Waals surface area contributed by atoms with Crippen LogP contribution in [0.3, 0.4) is 0 Å². The van der Waals surface area contributed by atoms with Crippen molar-refractivity contribution in [3.63, 3.8) is 0 Å². The Bertz CT molecular complexity index is 821. The molecule has 3 rings (SSSR count). The van der Waals surface area contributed by atoms with E-state index in [2.05, 4.69) is 5.32 Å². The van der Waals surface area contributed by atoms with E-state index >= 15 is 0 Å². The van der Waals surface area contributed by atoms with Gasteiger partial charge in [-0.15, -0.1) is 0 Å². The van der Waals surface area contributed by atoms with Crippen molar-refractivity contribution in [3.8, 4) is 17.2 Å². The van der Waals surface area contributed by atoms with Gasteiger partial charge in [-0.3, -0.25) is 4.79 Å². The van der Waals surface area contributed by atoms with Crippen molar-refractivity contribution >= 4 is 5.91 Å². The molecule has 1 N–H and O–H groups in total. The highest BCUT2D eigenvalue weighted by atomic mass is 19.4. The Morgan fingerprint density at radius 3 is 2.57 bits per heavy atom. The van der Waals surface area contributed by atoms with Crippen LogP contribution in [0.4, 0.5) is 13.2 Å². The summed E-state index contributed by atoms with van der Waals surface area (Å²) in [5.41, 5.74) is 0.175. The number of halogens is 3. The smallest absolute Gasteiger partial charge is 0.416 e. The summed E-state index contributed by atoms with van der Waals surface area (Å²) in [6, 6.07) is 9.90. The van der Waals surface area contributed by atoms with E-state index in [0.29, 0.717) is 17.9 Å². The predicted octanol–water partition coefficient (Wildman–Crippen LogP) is 3.46. The lowest BCUT2D eigenvalue weighted by Crippen LogP contribution is -2.39. The molecule has 1 amide bonds. The zero-order valence-corrected chi connectivity index (χ0v) is 15.2. The summed E-state index contributed by atoms with van der Waals surface area (Å²) >= 11 is 0. The van der Waals surface area contributed by atoms with Gasteiger partial charge in [0.1, 0.15) is 30.5 Å². The SMILES string of the molecule is COc1ccc2c(c1)CC(C(=O)NCCOc1ccc(C(F)(F)F)cc1)CO2. The van der Waals surface area contributed by atoms with Gasteiger partial charge < -0.3 is 19.5 Å². The van der Waals surface area contributed by atoms with Crippen LogP contribution < -0.4 is 19.5 Å². The maximum Gasteiger partial charge on any atom is 0.416 e. The standard InChI is InChI=1S/C20H20F3NO4/c1-26-17-6-7-18-13(11-17)10-14(12-28-18)19(25)24-8-9-27-16-4-2-15(3-5-16)20(21,22)23/h2-7,11,14H,8-10,12H2,1H3,(H,24,25). The minimum atomic E-state index is -4.38. The Kier molecular flexibility index (Phi) is 5.96. The largest absolute Gasteiger partial charge is 0.497 e. The van der Waals surface area contributed by atoms with E-state index in [4.69, 9.17) is 14.2 Å². The molecule has 1 heterocycles. The Morgan fingerprint density at radius 1 is 1.18 bits per heavy atom. The molecule has 1 atom stereocenters. The average Bonchev–Trinajstić information content (AvgIpc) is 2.69. The van der Waals surface area contributed by atoms with Crippen LogP contribution in [-0.4, -0.2) is 32.8 Å². The van der Waals surface area contributed by atoms with Crippen LogP contribution in [0.15, 0.2) is 42.5 Å². The number of fused-ring (bicyclic) bond motifs is 1. The first kappa shape index (κ1) is 19.9. The molecule has 0 aliphatic carbocycles. The first-order valence-corrected chi connectivity index (χ1v) is 8.74.